The Labute approximate surface area is 93.3 Å². The number of hydrogen-bond acceptors (Lipinski definition) is 2. The lowest BCUT2D eigenvalue weighted by Crippen LogP contribution is -2.36. The molecular formula is C13H24O2. The molecule has 2 aliphatic rings. The molecule has 2 heterocycles. The summed E-state index contributed by atoms with van der Waals surface area (Å²) in [4.78, 5) is 0. The third-order valence-electron chi connectivity index (χ3n) is 4.01. The molecule has 2 nitrogen and oxygen atoms in total. The minimum Gasteiger partial charge on any atom is -0.378 e. The molecule has 0 bridgehead atoms. The second kappa shape index (κ2) is 5.31. The van der Waals surface area contributed by atoms with E-state index in [1.54, 1.807) is 0 Å². The zero-order valence-corrected chi connectivity index (χ0v) is 10.1. The van der Waals surface area contributed by atoms with E-state index in [1.165, 1.54) is 25.7 Å². The van der Waals surface area contributed by atoms with Crippen molar-refractivity contribution >= 4 is 0 Å². The summed E-state index contributed by atoms with van der Waals surface area (Å²) in [6.45, 7) is 6.54. The average Bonchev–Trinajstić information content (AvgIpc) is 2.24. The Morgan fingerprint density at radius 3 is 1.73 bits per heavy atom. The topological polar surface area (TPSA) is 18.5 Å². The van der Waals surface area contributed by atoms with Gasteiger partial charge in [0.15, 0.2) is 0 Å². The van der Waals surface area contributed by atoms with Gasteiger partial charge in [0, 0.05) is 19.6 Å². The molecule has 0 aromatic heterocycles. The predicted molar refractivity (Wildman–Crippen MR) is 60.9 cm³/mol. The minimum absolute atomic E-state index is 0.448. The van der Waals surface area contributed by atoms with Crippen LogP contribution in [0, 0.1) is 11.8 Å². The first-order chi connectivity index (χ1) is 7.27. The van der Waals surface area contributed by atoms with Gasteiger partial charge in [0.2, 0.25) is 0 Å². The third-order valence-corrected chi connectivity index (χ3v) is 4.01. The van der Waals surface area contributed by atoms with E-state index in [9.17, 15) is 0 Å². The fourth-order valence-electron chi connectivity index (χ4n) is 2.81. The molecule has 2 fully saturated rings. The molecule has 88 valence electrons. The van der Waals surface area contributed by atoms with Crippen molar-refractivity contribution < 1.29 is 9.47 Å². The lowest BCUT2D eigenvalue weighted by Gasteiger charge is -2.36. The molecule has 2 saturated heterocycles. The van der Waals surface area contributed by atoms with E-state index >= 15 is 0 Å². The van der Waals surface area contributed by atoms with E-state index in [-0.39, 0.29) is 0 Å². The van der Waals surface area contributed by atoms with E-state index in [0.29, 0.717) is 12.2 Å². The van der Waals surface area contributed by atoms with Crippen LogP contribution in [-0.4, -0.2) is 25.4 Å². The summed E-state index contributed by atoms with van der Waals surface area (Å²) in [6.07, 6.45) is 7.13. The molecule has 2 heteroatoms. The molecule has 4 atom stereocenters. The third kappa shape index (κ3) is 2.94. The molecule has 0 saturated carbocycles. The monoisotopic (exact) mass is 212 g/mol. The lowest BCUT2D eigenvalue weighted by atomic mass is 9.87. The number of ether oxygens (including phenoxy) is 2. The van der Waals surface area contributed by atoms with Crippen LogP contribution in [-0.2, 0) is 9.47 Å². The molecule has 0 amide bonds. The van der Waals surface area contributed by atoms with Gasteiger partial charge in [-0.05, 0) is 37.5 Å². The van der Waals surface area contributed by atoms with Crippen molar-refractivity contribution in [3.63, 3.8) is 0 Å². The van der Waals surface area contributed by atoms with Crippen molar-refractivity contribution in [3.05, 3.63) is 0 Å². The molecule has 2 aliphatic heterocycles. The first-order valence-corrected chi connectivity index (χ1v) is 6.50. The normalized spacial score (nSPS) is 42.8. The van der Waals surface area contributed by atoms with Crippen LogP contribution >= 0.6 is 0 Å². The van der Waals surface area contributed by atoms with E-state index in [0.717, 1.165) is 31.5 Å². The molecule has 0 N–H and O–H groups in total. The molecule has 0 spiro atoms. The molecule has 0 aromatic rings. The van der Waals surface area contributed by atoms with Crippen molar-refractivity contribution in [2.75, 3.05) is 13.2 Å². The summed E-state index contributed by atoms with van der Waals surface area (Å²) >= 11 is 0. The fraction of sp³-hybridized carbons (Fsp3) is 1.00. The van der Waals surface area contributed by atoms with Gasteiger partial charge in [0.25, 0.3) is 0 Å². The molecule has 0 aliphatic carbocycles. The Balaban J connectivity index is 1.83. The molecule has 15 heavy (non-hydrogen) atoms. The maximum Gasteiger partial charge on any atom is 0.0625 e. The van der Waals surface area contributed by atoms with Crippen molar-refractivity contribution in [1.29, 1.82) is 0 Å². The van der Waals surface area contributed by atoms with Crippen LogP contribution in [0.25, 0.3) is 0 Å². The summed E-state index contributed by atoms with van der Waals surface area (Å²) in [5.41, 5.74) is 0. The van der Waals surface area contributed by atoms with Gasteiger partial charge in [0.1, 0.15) is 0 Å². The Kier molecular flexibility index (Phi) is 4.04. The Morgan fingerprint density at radius 2 is 1.33 bits per heavy atom. The van der Waals surface area contributed by atoms with Gasteiger partial charge in [-0.2, -0.15) is 0 Å². The Hall–Kier alpha value is -0.0800. The maximum atomic E-state index is 5.86. The van der Waals surface area contributed by atoms with Crippen LogP contribution in [0.3, 0.4) is 0 Å². The van der Waals surface area contributed by atoms with Gasteiger partial charge in [-0.3, -0.25) is 0 Å². The summed E-state index contributed by atoms with van der Waals surface area (Å²) in [5, 5.41) is 0. The van der Waals surface area contributed by atoms with Gasteiger partial charge < -0.3 is 9.47 Å². The van der Waals surface area contributed by atoms with Crippen LogP contribution in [0.15, 0.2) is 0 Å². The highest BCUT2D eigenvalue weighted by Gasteiger charge is 2.29. The highest BCUT2D eigenvalue weighted by atomic mass is 16.5. The molecule has 0 unspecified atom stereocenters. The maximum absolute atomic E-state index is 5.86. The highest BCUT2D eigenvalue weighted by Crippen LogP contribution is 2.29. The first kappa shape index (κ1) is 11.4. The van der Waals surface area contributed by atoms with Crippen LogP contribution < -0.4 is 0 Å². The quantitative estimate of drug-likeness (QED) is 0.700. The SMILES string of the molecule is C[C@@H]1CCCO[C@H]1C[C@H]1OCCC[C@@H]1C. The van der Waals surface area contributed by atoms with E-state index < -0.39 is 0 Å². The number of rotatable bonds is 2. The zero-order chi connectivity index (χ0) is 10.7. The lowest BCUT2D eigenvalue weighted by molar-refractivity contribution is -0.0876. The fourth-order valence-corrected chi connectivity index (χ4v) is 2.81. The molecule has 0 radical (unpaired) electrons. The largest absolute Gasteiger partial charge is 0.378 e. The summed E-state index contributed by atoms with van der Waals surface area (Å²) in [7, 11) is 0. The van der Waals surface area contributed by atoms with Crippen LogP contribution in [0.2, 0.25) is 0 Å². The van der Waals surface area contributed by atoms with Gasteiger partial charge in [0.05, 0.1) is 12.2 Å². The van der Waals surface area contributed by atoms with Gasteiger partial charge >= 0.3 is 0 Å². The first-order valence-electron chi connectivity index (χ1n) is 6.50. The van der Waals surface area contributed by atoms with E-state index in [1.807, 2.05) is 0 Å². The second-order valence-corrected chi connectivity index (χ2v) is 5.29. The number of hydrogen-bond donors (Lipinski definition) is 0. The highest BCUT2D eigenvalue weighted by molar-refractivity contribution is 4.79. The van der Waals surface area contributed by atoms with Crippen molar-refractivity contribution in [3.8, 4) is 0 Å². The van der Waals surface area contributed by atoms with Crippen LogP contribution in [0.1, 0.15) is 46.0 Å². The van der Waals surface area contributed by atoms with Crippen LogP contribution in [0.5, 0.6) is 0 Å². The Bertz CT molecular complexity index is 173. The van der Waals surface area contributed by atoms with Crippen molar-refractivity contribution in [2.45, 2.75) is 58.2 Å². The molecule has 0 aromatic carbocycles. The van der Waals surface area contributed by atoms with Gasteiger partial charge in [-0.15, -0.1) is 0 Å². The standard InChI is InChI=1S/C13H24O2/c1-10-5-3-7-14-12(10)9-13-11(2)6-4-8-15-13/h10-13H,3-9H2,1-2H3/t10-,11+,12+,13-. The van der Waals surface area contributed by atoms with Crippen LogP contribution in [0.4, 0.5) is 0 Å². The minimum atomic E-state index is 0.448. The molecule has 2 rings (SSSR count). The van der Waals surface area contributed by atoms with E-state index in [2.05, 4.69) is 13.8 Å². The second-order valence-electron chi connectivity index (χ2n) is 5.29. The Morgan fingerprint density at radius 1 is 0.867 bits per heavy atom. The van der Waals surface area contributed by atoms with Gasteiger partial charge in [-0.1, -0.05) is 13.8 Å². The summed E-state index contributed by atoms with van der Waals surface area (Å²) in [5.74, 6) is 1.44. The zero-order valence-electron chi connectivity index (χ0n) is 10.1. The predicted octanol–water partition coefficient (Wildman–Crippen LogP) is 3.01. The molecular weight excluding hydrogens is 188 g/mol. The van der Waals surface area contributed by atoms with Crippen molar-refractivity contribution in [1.82, 2.24) is 0 Å². The summed E-state index contributed by atoms with van der Waals surface area (Å²) in [6, 6.07) is 0. The smallest absolute Gasteiger partial charge is 0.0625 e. The summed E-state index contributed by atoms with van der Waals surface area (Å²) < 4.78 is 11.7. The average molecular weight is 212 g/mol. The van der Waals surface area contributed by atoms with Gasteiger partial charge in [-0.25, -0.2) is 0 Å². The van der Waals surface area contributed by atoms with Crippen molar-refractivity contribution in [2.24, 2.45) is 11.8 Å². The van der Waals surface area contributed by atoms with E-state index in [4.69, 9.17) is 9.47 Å².